The lowest BCUT2D eigenvalue weighted by molar-refractivity contribution is 0.102. The largest absolute Gasteiger partial charge is 0.493 e. The number of H-pyrrole nitrogens is 1. The highest BCUT2D eigenvalue weighted by atomic mass is 16.5. The first-order valence-electron chi connectivity index (χ1n) is 9.42. The fraction of sp³-hybridized carbons (Fsp3) is 0.0870. The molecule has 0 saturated carbocycles. The number of hydrogen-bond donors (Lipinski definition) is 2. The fourth-order valence-corrected chi connectivity index (χ4v) is 3.42. The molecule has 142 valence electrons. The molecule has 5 rings (SSSR count). The Morgan fingerprint density at radius 2 is 1.83 bits per heavy atom. The minimum atomic E-state index is -0.171. The number of carbonyl (C=O) groups is 1. The normalized spacial score (nSPS) is 12.3. The van der Waals surface area contributed by atoms with Crippen molar-refractivity contribution in [1.29, 1.82) is 0 Å². The van der Waals surface area contributed by atoms with Crippen molar-refractivity contribution >= 4 is 11.6 Å². The van der Waals surface area contributed by atoms with Gasteiger partial charge >= 0.3 is 0 Å². The number of para-hydroxylation sites is 1. The average molecular weight is 382 g/mol. The van der Waals surface area contributed by atoms with Crippen LogP contribution in [-0.2, 0) is 6.42 Å². The van der Waals surface area contributed by atoms with E-state index in [4.69, 9.17) is 4.74 Å². The minimum absolute atomic E-state index is 0.171. The first-order chi connectivity index (χ1) is 14.3. The highest BCUT2D eigenvalue weighted by molar-refractivity contribution is 6.06. The second-order valence-electron chi connectivity index (χ2n) is 6.79. The quantitative estimate of drug-likeness (QED) is 0.551. The van der Waals surface area contributed by atoms with Gasteiger partial charge in [-0.1, -0.05) is 42.5 Å². The van der Waals surface area contributed by atoms with Gasteiger partial charge in [0.1, 0.15) is 5.75 Å². The van der Waals surface area contributed by atoms with E-state index in [0.29, 0.717) is 29.5 Å². The lowest BCUT2D eigenvalue weighted by atomic mass is 10.1. The van der Waals surface area contributed by atoms with Crippen LogP contribution in [-0.4, -0.2) is 27.7 Å². The molecule has 0 aliphatic carbocycles. The predicted molar refractivity (Wildman–Crippen MR) is 111 cm³/mol. The maximum atomic E-state index is 12.8. The van der Waals surface area contributed by atoms with Crippen molar-refractivity contribution in [1.82, 2.24) is 15.2 Å². The van der Waals surface area contributed by atoms with Crippen molar-refractivity contribution in [3.63, 3.8) is 0 Å². The van der Waals surface area contributed by atoms with E-state index in [9.17, 15) is 4.79 Å². The van der Waals surface area contributed by atoms with Crippen LogP contribution in [0.3, 0.4) is 0 Å². The van der Waals surface area contributed by atoms with Gasteiger partial charge in [0, 0.05) is 23.1 Å². The average Bonchev–Trinajstić information content (AvgIpc) is 3.44. The summed E-state index contributed by atoms with van der Waals surface area (Å²) in [6.45, 7) is 0.665. The van der Waals surface area contributed by atoms with E-state index in [2.05, 4.69) is 20.5 Å². The van der Waals surface area contributed by atoms with Crippen molar-refractivity contribution in [3.8, 4) is 28.5 Å². The highest BCUT2D eigenvalue weighted by Crippen LogP contribution is 2.29. The van der Waals surface area contributed by atoms with Crippen LogP contribution in [0.25, 0.3) is 22.8 Å². The van der Waals surface area contributed by atoms with Crippen LogP contribution in [0.4, 0.5) is 5.69 Å². The summed E-state index contributed by atoms with van der Waals surface area (Å²) in [5, 5.41) is 10.3. The third-order valence-electron chi connectivity index (χ3n) is 4.90. The summed E-state index contributed by atoms with van der Waals surface area (Å²) < 4.78 is 5.52. The van der Waals surface area contributed by atoms with E-state index in [1.807, 2.05) is 66.7 Å². The lowest BCUT2D eigenvalue weighted by Crippen LogP contribution is -2.13. The van der Waals surface area contributed by atoms with Crippen molar-refractivity contribution < 1.29 is 9.53 Å². The van der Waals surface area contributed by atoms with Gasteiger partial charge in [-0.25, -0.2) is 4.98 Å². The molecule has 0 unspecified atom stereocenters. The van der Waals surface area contributed by atoms with Crippen LogP contribution < -0.4 is 10.1 Å². The zero-order valence-electron chi connectivity index (χ0n) is 15.6. The lowest BCUT2D eigenvalue weighted by Gasteiger charge is -2.10. The molecule has 3 aromatic carbocycles. The Morgan fingerprint density at radius 3 is 2.72 bits per heavy atom. The molecule has 2 N–H and O–H groups in total. The number of aromatic nitrogens is 3. The number of benzene rings is 3. The number of amides is 1. The second-order valence-corrected chi connectivity index (χ2v) is 6.79. The van der Waals surface area contributed by atoms with Crippen LogP contribution in [0.15, 0.2) is 72.8 Å². The van der Waals surface area contributed by atoms with Crippen LogP contribution in [0.2, 0.25) is 0 Å². The maximum absolute atomic E-state index is 12.8. The summed E-state index contributed by atoms with van der Waals surface area (Å²) in [5.74, 6) is 1.90. The molecule has 1 aliphatic rings. The maximum Gasteiger partial charge on any atom is 0.255 e. The van der Waals surface area contributed by atoms with Gasteiger partial charge < -0.3 is 10.1 Å². The number of rotatable bonds is 4. The molecule has 6 nitrogen and oxygen atoms in total. The van der Waals surface area contributed by atoms with E-state index in [-0.39, 0.29) is 5.91 Å². The summed E-state index contributed by atoms with van der Waals surface area (Å²) in [6, 6.07) is 22.8. The molecule has 0 spiro atoms. The topological polar surface area (TPSA) is 79.9 Å². The molecule has 1 aliphatic heterocycles. The number of aromatic amines is 1. The molecule has 29 heavy (non-hydrogen) atoms. The standard InChI is InChI=1S/C23H18N4O2/c28-23(17-10-11-20-16(14-17)12-13-29-20)24-19-9-5-4-8-18(19)22-25-21(26-27-22)15-6-2-1-3-7-15/h1-11,14H,12-13H2,(H,24,28)(H,25,26,27). The molecule has 2 heterocycles. The van der Waals surface area contributed by atoms with Crippen LogP contribution in [0.1, 0.15) is 15.9 Å². The first-order valence-corrected chi connectivity index (χ1v) is 9.42. The Hall–Kier alpha value is -3.93. The van der Waals surface area contributed by atoms with Gasteiger partial charge in [-0.05, 0) is 35.9 Å². The van der Waals surface area contributed by atoms with Crippen molar-refractivity contribution in [2.24, 2.45) is 0 Å². The van der Waals surface area contributed by atoms with E-state index in [1.165, 1.54) is 0 Å². The summed E-state index contributed by atoms with van der Waals surface area (Å²) in [5.41, 5.74) is 4.04. The SMILES string of the molecule is O=C(Nc1ccccc1-c1nc(-c2ccccc2)n[nH]1)c1ccc2c(c1)CCO2. The molecular formula is C23H18N4O2. The van der Waals surface area contributed by atoms with Gasteiger partial charge in [0.15, 0.2) is 11.6 Å². The fourth-order valence-electron chi connectivity index (χ4n) is 3.42. The van der Waals surface area contributed by atoms with Crippen molar-refractivity contribution in [2.45, 2.75) is 6.42 Å². The highest BCUT2D eigenvalue weighted by Gasteiger charge is 2.17. The molecule has 0 saturated heterocycles. The van der Waals surface area contributed by atoms with Gasteiger partial charge in [0.25, 0.3) is 5.91 Å². The zero-order valence-corrected chi connectivity index (χ0v) is 15.6. The molecule has 0 radical (unpaired) electrons. The second kappa shape index (κ2) is 7.24. The molecule has 1 aromatic heterocycles. The number of anilines is 1. The summed E-state index contributed by atoms with van der Waals surface area (Å²) >= 11 is 0. The van der Waals surface area contributed by atoms with Crippen molar-refractivity contribution in [3.05, 3.63) is 83.9 Å². The Morgan fingerprint density at radius 1 is 1.00 bits per heavy atom. The predicted octanol–water partition coefficient (Wildman–Crippen LogP) is 4.33. The van der Waals surface area contributed by atoms with Gasteiger partial charge in [-0.15, -0.1) is 0 Å². The number of nitrogens with one attached hydrogen (secondary N) is 2. The van der Waals surface area contributed by atoms with Gasteiger partial charge in [-0.3, -0.25) is 9.89 Å². The summed E-state index contributed by atoms with van der Waals surface area (Å²) in [7, 11) is 0. The molecule has 1 amide bonds. The molecule has 0 fully saturated rings. The van der Waals surface area contributed by atoms with E-state index < -0.39 is 0 Å². The Kier molecular flexibility index (Phi) is 4.29. The molecule has 6 heteroatoms. The number of nitrogens with zero attached hydrogens (tertiary/aromatic N) is 2. The molecule has 4 aromatic rings. The van der Waals surface area contributed by atoms with Crippen LogP contribution in [0, 0.1) is 0 Å². The van der Waals surface area contributed by atoms with Gasteiger partial charge in [-0.2, -0.15) is 5.10 Å². The number of carbonyl (C=O) groups excluding carboxylic acids is 1. The zero-order chi connectivity index (χ0) is 19.6. The van der Waals surface area contributed by atoms with Crippen molar-refractivity contribution in [2.75, 3.05) is 11.9 Å². The van der Waals surface area contributed by atoms with Gasteiger partial charge in [0.2, 0.25) is 0 Å². The molecular weight excluding hydrogens is 364 g/mol. The summed E-state index contributed by atoms with van der Waals surface area (Å²) in [4.78, 5) is 17.4. The van der Waals surface area contributed by atoms with Crippen LogP contribution >= 0.6 is 0 Å². The summed E-state index contributed by atoms with van der Waals surface area (Å²) in [6.07, 6.45) is 0.827. The molecule has 0 atom stereocenters. The molecule has 0 bridgehead atoms. The third-order valence-corrected chi connectivity index (χ3v) is 4.90. The Balaban J connectivity index is 1.43. The number of hydrogen-bond acceptors (Lipinski definition) is 4. The van der Waals surface area contributed by atoms with Gasteiger partial charge in [0.05, 0.1) is 12.3 Å². The third kappa shape index (κ3) is 3.36. The first kappa shape index (κ1) is 17.2. The van der Waals surface area contributed by atoms with Crippen LogP contribution in [0.5, 0.6) is 5.75 Å². The van der Waals surface area contributed by atoms with E-state index in [1.54, 1.807) is 6.07 Å². The van der Waals surface area contributed by atoms with E-state index >= 15 is 0 Å². The van der Waals surface area contributed by atoms with E-state index in [0.717, 1.165) is 28.9 Å². The Labute approximate surface area is 167 Å². The minimum Gasteiger partial charge on any atom is -0.493 e. The smallest absolute Gasteiger partial charge is 0.255 e. The number of ether oxygens (including phenoxy) is 1. The number of fused-ring (bicyclic) bond motifs is 1. The monoisotopic (exact) mass is 382 g/mol. The Bertz CT molecular complexity index is 1180.